The summed E-state index contributed by atoms with van der Waals surface area (Å²) in [5.41, 5.74) is 36.4. The molecule has 6 aromatic carbocycles. The van der Waals surface area contributed by atoms with Crippen LogP contribution in [0.25, 0.3) is 0 Å². The highest BCUT2D eigenvalue weighted by atomic mass is 79.9. The molecule has 0 spiro atoms. The van der Waals surface area contributed by atoms with Crippen LogP contribution in [0.2, 0.25) is 5.02 Å². The normalized spacial score (nSPS) is 12.3. The van der Waals surface area contributed by atoms with E-state index in [0.29, 0.717) is 43.7 Å². The molecule has 0 unspecified atom stereocenters. The lowest BCUT2D eigenvalue weighted by Gasteiger charge is -2.08. The Labute approximate surface area is 408 Å². The highest BCUT2D eigenvalue weighted by Gasteiger charge is 2.05. The lowest BCUT2D eigenvalue weighted by atomic mass is 10.1. The molecular formula is C54H63BrClN5O6. The predicted molar refractivity (Wildman–Crippen MR) is 274 cm³/mol. The first-order valence-corrected chi connectivity index (χ1v) is 22.7. The number of hydrogen-bond acceptors (Lipinski definition) is 11. The van der Waals surface area contributed by atoms with Gasteiger partial charge in [0.15, 0.2) is 0 Å². The summed E-state index contributed by atoms with van der Waals surface area (Å²) in [7, 11) is 0. The number of rotatable bonds is 18. The van der Waals surface area contributed by atoms with Crippen molar-refractivity contribution in [1.29, 1.82) is 0 Å². The summed E-state index contributed by atoms with van der Waals surface area (Å²) >= 11 is 9.01. The number of halogens is 2. The smallest absolute Gasteiger partial charge is 0.137 e. The molecule has 10 N–H and O–H groups in total. The lowest BCUT2D eigenvalue weighted by Crippen LogP contribution is -2.23. The summed E-state index contributed by atoms with van der Waals surface area (Å²) in [6.07, 6.45) is 6.82. The highest BCUT2D eigenvalue weighted by Crippen LogP contribution is 2.16. The molecule has 0 aliphatic carbocycles. The van der Waals surface area contributed by atoms with Gasteiger partial charge in [-0.1, -0.05) is 154 Å². The molecule has 0 saturated heterocycles. The topological polar surface area (TPSA) is 225 Å². The molecule has 6 rings (SSSR count). The van der Waals surface area contributed by atoms with E-state index in [1.807, 2.05) is 153 Å². The van der Waals surface area contributed by atoms with Gasteiger partial charge in [0.25, 0.3) is 0 Å². The second kappa shape index (κ2) is 33.5. The van der Waals surface area contributed by atoms with E-state index in [1.54, 1.807) is 12.1 Å². The molecule has 354 valence electrons. The average Bonchev–Trinajstić information content (AvgIpc) is 3.35. The Bertz CT molecular complexity index is 2060. The maximum atomic E-state index is 10.5. The van der Waals surface area contributed by atoms with Crippen molar-refractivity contribution in [1.82, 2.24) is 0 Å². The van der Waals surface area contributed by atoms with E-state index in [1.165, 1.54) is 11.1 Å². The predicted octanol–water partition coefficient (Wildman–Crippen LogP) is 7.39. The van der Waals surface area contributed by atoms with Crippen LogP contribution in [0.3, 0.4) is 0 Å². The number of nitrogens with two attached hydrogens (primary N) is 5. The number of aldehydes is 5. The maximum absolute atomic E-state index is 10.5. The maximum Gasteiger partial charge on any atom is 0.137 e. The van der Waals surface area contributed by atoms with Crippen LogP contribution in [0, 0.1) is 13.8 Å². The van der Waals surface area contributed by atoms with Crippen LogP contribution in [0.15, 0.2) is 156 Å². The van der Waals surface area contributed by atoms with Crippen LogP contribution in [0.4, 0.5) is 0 Å². The highest BCUT2D eigenvalue weighted by molar-refractivity contribution is 9.10. The van der Waals surface area contributed by atoms with Gasteiger partial charge in [-0.05, 0) is 116 Å². The first-order valence-electron chi connectivity index (χ1n) is 21.6. The van der Waals surface area contributed by atoms with Crippen molar-refractivity contribution in [2.45, 2.75) is 82.8 Å². The zero-order valence-corrected chi connectivity index (χ0v) is 40.4. The summed E-state index contributed by atoms with van der Waals surface area (Å²) in [5, 5.41) is 0.693. The number of carbonyl (C=O) groups is 5. The van der Waals surface area contributed by atoms with Crippen molar-refractivity contribution in [3.8, 4) is 5.75 Å². The first-order chi connectivity index (χ1) is 32.2. The van der Waals surface area contributed by atoms with Gasteiger partial charge < -0.3 is 57.4 Å². The largest absolute Gasteiger partial charge is 0.489 e. The number of aryl methyl sites for hydroxylation is 2. The summed E-state index contributed by atoms with van der Waals surface area (Å²) in [6, 6.07) is 46.9. The van der Waals surface area contributed by atoms with E-state index in [-0.39, 0.29) is 18.1 Å². The van der Waals surface area contributed by atoms with Gasteiger partial charge >= 0.3 is 0 Å². The minimum Gasteiger partial charge on any atom is -0.489 e. The van der Waals surface area contributed by atoms with Gasteiger partial charge in [0.2, 0.25) is 0 Å². The number of hydrogen-bond donors (Lipinski definition) is 5. The Morgan fingerprint density at radius 2 is 0.701 bits per heavy atom. The van der Waals surface area contributed by atoms with Crippen LogP contribution in [0.1, 0.15) is 44.5 Å². The number of benzene rings is 6. The first kappa shape index (κ1) is 57.2. The zero-order valence-electron chi connectivity index (χ0n) is 38.0. The van der Waals surface area contributed by atoms with Crippen molar-refractivity contribution in [2.75, 3.05) is 0 Å². The van der Waals surface area contributed by atoms with E-state index in [0.717, 1.165) is 75.0 Å². The fourth-order valence-electron chi connectivity index (χ4n) is 5.75. The van der Waals surface area contributed by atoms with Crippen molar-refractivity contribution in [3.05, 3.63) is 206 Å². The van der Waals surface area contributed by atoms with Crippen LogP contribution in [-0.2, 0) is 62.7 Å². The molecule has 0 amide bonds. The third-order valence-electron chi connectivity index (χ3n) is 9.47. The molecule has 6 aromatic rings. The molecule has 0 aliphatic heterocycles. The van der Waals surface area contributed by atoms with Crippen LogP contribution >= 0.6 is 27.5 Å². The van der Waals surface area contributed by atoms with E-state index in [9.17, 15) is 24.0 Å². The summed E-state index contributed by atoms with van der Waals surface area (Å²) in [6.45, 7) is 4.61. The van der Waals surface area contributed by atoms with E-state index >= 15 is 0 Å². The Hall–Kier alpha value is -5.96. The van der Waals surface area contributed by atoms with E-state index in [4.69, 9.17) is 45.0 Å². The summed E-state index contributed by atoms with van der Waals surface area (Å²) < 4.78 is 6.71. The molecule has 13 heteroatoms. The van der Waals surface area contributed by atoms with E-state index in [2.05, 4.69) is 15.9 Å². The van der Waals surface area contributed by atoms with Crippen molar-refractivity contribution in [2.24, 2.45) is 28.7 Å². The van der Waals surface area contributed by atoms with E-state index < -0.39 is 12.1 Å². The quantitative estimate of drug-likeness (QED) is 0.0534. The molecule has 5 atom stereocenters. The summed E-state index contributed by atoms with van der Waals surface area (Å²) in [5.74, 6) is 0.812. The van der Waals surface area contributed by atoms with Crippen LogP contribution in [-0.4, -0.2) is 61.6 Å². The molecule has 11 nitrogen and oxygen atoms in total. The second-order valence-corrected chi connectivity index (χ2v) is 17.0. The molecule has 0 radical (unpaired) electrons. The fourth-order valence-corrected chi connectivity index (χ4v) is 6.14. The van der Waals surface area contributed by atoms with Crippen LogP contribution in [0.5, 0.6) is 5.75 Å². The van der Waals surface area contributed by atoms with Gasteiger partial charge in [-0.3, -0.25) is 0 Å². The Morgan fingerprint density at radius 1 is 0.418 bits per heavy atom. The van der Waals surface area contributed by atoms with Crippen LogP contribution < -0.4 is 33.4 Å². The third kappa shape index (κ3) is 26.7. The molecular weight excluding hydrogens is 930 g/mol. The molecule has 0 aromatic heterocycles. The fraction of sp³-hybridized carbons (Fsp3) is 0.241. The van der Waals surface area contributed by atoms with Crippen molar-refractivity contribution in [3.63, 3.8) is 0 Å². The molecule has 0 heterocycles. The van der Waals surface area contributed by atoms with Gasteiger partial charge in [-0.2, -0.15) is 0 Å². The molecule has 67 heavy (non-hydrogen) atoms. The molecule has 0 fully saturated rings. The van der Waals surface area contributed by atoms with Gasteiger partial charge in [-0.15, -0.1) is 0 Å². The number of ether oxygens (including phenoxy) is 1. The number of carbonyl (C=O) groups excluding carboxylic acids is 5. The molecule has 0 aliphatic rings. The van der Waals surface area contributed by atoms with Gasteiger partial charge in [0.1, 0.15) is 43.8 Å². The third-order valence-corrected chi connectivity index (χ3v) is 10.3. The summed E-state index contributed by atoms with van der Waals surface area (Å²) in [4.78, 5) is 51.5. The lowest BCUT2D eigenvalue weighted by molar-refractivity contribution is -0.109. The minimum atomic E-state index is -0.434. The van der Waals surface area contributed by atoms with Gasteiger partial charge in [0.05, 0.1) is 30.2 Å². The Balaban J connectivity index is 0.000000292. The minimum absolute atomic E-state index is 0.368. The molecule has 0 bridgehead atoms. The van der Waals surface area contributed by atoms with Gasteiger partial charge in [0, 0.05) is 9.50 Å². The Morgan fingerprint density at radius 3 is 1.01 bits per heavy atom. The monoisotopic (exact) mass is 991 g/mol. The van der Waals surface area contributed by atoms with Crippen molar-refractivity contribution < 1.29 is 28.7 Å². The SMILES string of the molecule is Cc1ccc(C[C@@H](N)C=O)cc1.Cc1ccc(C[C@@H](N)C=O)cc1.N[C@@H](C=O)Cc1ccc(Br)cc1.N[C@@H](C=O)Cc1ccc(Cl)cc1.N[C@@H](C=O)Cc1ccc(OCc2ccccc2)cc1. The second-order valence-electron chi connectivity index (χ2n) is 15.7. The zero-order chi connectivity index (χ0) is 49.4. The standard InChI is InChI=1S/C16H17NO2.2C10H13NO.C9H10BrNO.C9H10ClNO/c17-15(11-18)10-13-6-8-16(9-7-13)19-12-14-4-2-1-3-5-14;2*1-8-2-4-9(5-3-8)6-10(11)7-12;2*10-8-3-1-7(2-4-8)5-9(11)6-12/h1-9,11,15H,10,12,17H2;2*2-5,7,10H,6,11H2,1H3;2*1-4,6,9H,5,11H2/t15-;2*10-;2*9-/m11111/s1. The molecule has 0 saturated carbocycles. The average molecular weight is 993 g/mol. The Kier molecular flexibility index (Phi) is 28.6. The van der Waals surface area contributed by atoms with Crippen molar-refractivity contribution >= 4 is 59.0 Å². The van der Waals surface area contributed by atoms with Gasteiger partial charge in [-0.25, -0.2) is 0 Å².